The van der Waals surface area contributed by atoms with E-state index in [0.717, 1.165) is 5.56 Å². The van der Waals surface area contributed by atoms with Crippen LogP contribution in [0, 0.1) is 0 Å². The minimum absolute atomic E-state index is 0.310. The molecule has 0 saturated carbocycles. The van der Waals surface area contributed by atoms with E-state index >= 15 is 0 Å². The first-order chi connectivity index (χ1) is 12.4. The maximum absolute atomic E-state index is 12.4. The van der Waals surface area contributed by atoms with E-state index in [0.29, 0.717) is 38.6 Å². The van der Waals surface area contributed by atoms with Crippen molar-refractivity contribution in [2.75, 3.05) is 21.3 Å². The number of nitrogens with zero attached hydrogens (tertiary/aromatic N) is 1. The summed E-state index contributed by atoms with van der Waals surface area (Å²) in [6.45, 7) is 1.75. The highest BCUT2D eigenvalue weighted by atomic mass is 35.5. The van der Waals surface area contributed by atoms with Crippen molar-refractivity contribution >= 4 is 34.8 Å². The number of methoxy groups -OCH3 is 3. The Hall–Kier alpha value is -2.44. The van der Waals surface area contributed by atoms with E-state index in [9.17, 15) is 4.79 Å². The van der Waals surface area contributed by atoms with Gasteiger partial charge in [-0.15, -0.1) is 0 Å². The second kappa shape index (κ2) is 8.78. The van der Waals surface area contributed by atoms with Crippen LogP contribution in [-0.4, -0.2) is 32.9 Å². The highest BCUT2D eigenvalue weighted by Gasteiger charge is 2.17. The number of ether oxygens (including phenoxy) is 3. The van der Waals surface area contributed by atoms with Crippen LogP contribution in [0.25, 0.3) is 0 Å². The van der Waals surface area contributed by atoms with E-state index in [1.54, 1.807) is 37.3 Å². The molecule has 138 valence electrons. The Balaban J connectivity index is 2.25. The molecule has 2 aromatic carbocycles. The van der Waals surface area contributed by atoms with Crippen molar-refractivity contribution < 1.29 is 19.0 Å². The highest BCUT2D eigenvalue weighted by Crippen LogP contribution is 2.38. The minimum atomic E-state index is -0.427. The lowest BCUT2D eigenvalue weighted by molar-refractivity contribution is 0.0954. The van der Waals surface area contributed by atoms with Gasteiger partial charge in [0.15, 0.2) is 11.5 Å². The fourth-order valence-electron chi connectivity index (χ4n) is 2.20. The maximum Gasteiger partial charge on any atom is 0.271 e. The van der Waals surface area contributed by atoms with Crippen LogP contribution < -0.4 is 19.6 Å². The molecule has 0 saturated heterocycles. The fraction of sp³-hybridized carbons (Fsp3) is 0.222. The Morgan fingerprint density at radius 3 is 2.04 bits per heavy atom. The number of benzene rings is 2. The third kappa shape index (κ3) is 4.39. The molecule has 0 unspecified atom stereocenters. The van der Waals surface area contributed by atoms with Crippen LogP contribution in [0.15, 0.2) is 35.4 Å². The van der Waals surface area contributed by atoms with Crippen LogP contribution in [0.2, 0.25) is 10.0 Å². The lowest BCUT2D eigenvalue weighted by Crippen LogP contribution is -2.19. The SMILES string of the molecule is COc1cc(C(=O)N/N=C(\C)c2ccc(Cl)c(Cl)c2)cc(OC)c1OC. The Labute approximate surface area is 161 Å². The quantitative estimate of drug-likeness (QED) is 0.587. The van der Waals surface area contributed by atoms with Crippen LogP contribution in [0.4, 0.5) is 0 Å². The summed E-state index contributed by atoms with van der Waals surface area (Å²) in [5, 5.41) is 4.96. The van der Waals surface area contributed by atoms with Crippen molar-refractivity contribution in [3.8, 4) is 17.2 Å². The van der Waals surface area contributed by atoms with Gasteiger partial charge in [-0.25, -0.2) is 5.43 Å². The molecular weight excluding hydrogens is 379 g/mol. The van der Waals surface area contributed by atoms with Crippen LogP contribution in [-0.2, 0) is 0 Å². The Morgan fingerprint density at radius 1 is 0.923 bits per heavy atom. The average Bonchev–Trinajstić information content (AvgIpc) is 2.66. The Bertz CT molecular complexity index is 828. The summed E-state index contributed by atoms with van der Waals surface area (Å²) in [6.07, 6.45) is 0. The molecule has 2 rings (SSSR count). The molecule has 1 N–H and O–H groups in total. The van der Waals surface area contributed by atoms with E-state index in [1.165, 1.54) is 21.3 Å². The van der Waals surface area contributed by atoms with Gasteiger partial charge in [0, 0.05) is 5.56 Å². The van der Waals surface area contributed by atoms with Gasteiger partial charge in [-0.05, 0) is 36.8 Å². The lowest BCUT2D eigenvalue weighted by Gasteiger charge is -2.13. The third-order valence-corrected chi connectivity index (χ3v) is 4.33. The Morgan fingerprint density at radius 2 is 1.54 bits per heavy atom. The molecule has 0 atom stereocenters. The van der Waals surface area contributed by atoms with Gasteiger partial charge >= 0.3 is 0 Å². The van der Waals surface area contributed by atoms with E-state index in [4.69, 9.17) is 37.4 Å². The smallest absolute Gasteiger partial charge is 0.271 e. The van der Waals surface area contributed by atoms with Gasteiger partial charge in [0.25, 0.3) is 5.91 Å². The van der Waals surface area contributed by atoms with Crippen molar-refractivity contribution in [1.29, 1.82) is 0 Å². The van der Waals surface area contributed by atoms with Gasteiger partial charge < -0.3 is 14.2 Å². The summed E-state index contributed by atoms with van der Waals surface area (Å²) in [5.74, 6) is 0.732. The number of carbonyl (C=O) groups excluding carboxylic acids is 1. The zero-order chi connectivity index (χ0) is 19.3. The second-order valence-corrected chi connectivity index (χ2v) is 6.00. The number of hydrogen-bond acceptors (Lipinski definition) is 5. The topological polar surface area (TPSA) is 69.2 Å². The zero-order valence-corrected chi connectivity index (χ0v) is 16.2. The molecule has 0 aliphatic heterocycles. The van der Waals surface area contributed by atoms with Gasteiger partial charge in [0.05, 0.1) is 37.1 Å². The van der Waals surface area contributed by atoms with Gasteiger partial charge in [0.2, 0.25) is 5.75 Å². The lowest BCUT2D eigenvalue weighted by atomic mass is 10.1. The van der Waals surface area contributed by atoms with Crippen molar-refractivity contribution in [3.05, 3.63) is 51.5 Å². The standard InChI is InChI=1S/C18H18Cl2N2O4/c1-10(11-5-6-13(19)14(20)7-11)21-22-18(23)12-8-15(24-2)17(26-4)16(9-12)25-3/h5-9H,1-4H3,(H,22,23)/b21-10+. The van der Waals surface area contributed by atoms with Crippen molar-refractivity contribution in [1.82, 2.24) is 5.43 Å². The van der Waals surface area contributed by atoms with E-state index in [1.807, 2.05) is 0 Å². The fourth-order valence-corrected chi connectivity index (χ4v) is 2.50. The first-order valence-corrected chi connectivity index (χ1v) is 8.27. The molecule has 26 heavy (non-hydrogen) atoms. The number of rotatable bonds is 6. The Kier molecular flexibility index (Phi) is 6.71. The largest absolute Gasteiger partial charge is 0.493 e. The molecule has 0 heterocycles. The van der Waals surface area contributed by atoms with E-state index in [-0.39, 0.29) is 0 Å². The van der Waals surface area contributed by atoms with Crippen LogP contribution >= 0.6 is 23.2 Å². The first-order valence-electron chi connectivity index (χ1n) is 7.51. The molecule has 0 fully saturated rings. The summed E-state index contributed by atoms with van der Waals surface area (Å²) in [5.41, 5.74) is 4.12. The molecule has 6 nitrogen and oxygen atoms in total. The molecule has 0 aliphatic rings. The normalized spacial score (nSPS) is 11.1. The molecule has 0 aliphatic carbocycles. The monoisotopic (exact) mass is 396 g/mol. The van der Waals surface area contributed by atoms with Crippen molar-refractivity contribution in [3.63, 3.8) is 0 Å². The molecule has 1 amide bonds. The molecule has 8 heteroatoms. The predicted molar refractivity (Wildman–Crippen MR) is 102 cm³/mol. The van der Waals surface area contributed by atoms with Gasteiger partial charge in [-0.1, -0.05) is 29.3 Å². The van der Waals surface area contributed by atoms with Gasteiger partial charge in [-0.3, -0.25) is 4.79 Å². The van der Waals surface area contributed by atoms with Crippen LogP contribution in [0.5, 0.6) is 17.2 Å². The summed E-state index contributed by atoms with van der Waals surface area (Å²) in [7, 11) is 4.45. The number of carbonyl (C=O) groups is 1. The molecule has 0 radical (unpaired) electrons. The molecule has 0 aromatic heterocycles. The molecule has 0 spiro atoms. The first kappa shape index (κ1) is 19.9. The van der Waals surface area contributed by atoms with Crippen LogP contribution in [0.1, 0.15) is 22.8 Å². The average molecular weight is 397 g/mol. The predicted octanol–water partition coefficient (Wildman–Crippen LogP) is 4.17. The zero-order valence-electron chi connectivity index (χ0n) is 14.7. The van der Waals surface area contributed by atoms with Gasteiger partial charge in [-0.2, -0.15) is 5.10 Å². The van der Waals surface area contributed by atoms with Crippen molar-refractivity contribution in [2.24, 2.45) is 5.10 Å². The number of nitrogens with one attached hydrogen (secondary N) is 1. The summed E-state index contributed by atoms with van der Waals surface area (Å²) < 4.78 is 15.7. The number of hydrogen-bond donors (Lipinski definition) is 1. The van der Waals surface area contributed by atoms with Crippen molar-refractivity contribution in [2.45, 2.75) is 6.92 Å². The minimum Gasteiger partial charge on any atom is -0.493 e. The molecule has 0 bridgehead atoms. The van der Waals surface area contributed by atoms with Gasteiger partial charge in [0.1, 0.15) is 0 Å². The maximum atomic E-state index is 12.4. The highest BCUT2D eigenvalue weighted by molar-refractivity contribution is 6.42. The molecule has 2 aromatic rings. The number of hydrazone groups is 1. The summed E-state index contributed by atoms with van der Waals surface area (Å²) in [4.78, 5) is 12.4. The molecular formula is C18H18Cl2N2O4. The van der Waals surface area contributed by atoms with E-state index < -0.39 is 5.91 Å². The third-order valence-electron chi connectivity index (χ3n) is 3.59. The summed E-state index contributed by atoms with van der Waals surface area (Å²) in [6, 6.07) is 8.19. The second-order valence-electron chi connectivity index (χ2n) is 5.18. The van der Waals surface area contributed by atoms with E-state index in [2.05, 4.69) is 10.5 Å². The van der Waals surface area contributed by atoms with Crippen LogP contribution in [0.3, 0.4) is 0 Å². The summed E-state index contributed by atoms with van der Waals surface area (Å²) >= 11 is 11.9. The number of halogens is 2. The number of amides is 1.